The summed E-state index contributed by atoms with van der Waals surface area (Å²) in [6.07, 6.45) is 2.66. The molecular formula is C12H9ClN2O2. The van der Waals surface area contributed by atoms with Crippen LogP contribution in [0, 0.1) is 0 Å². The quantitative estimate of drug-likeness (QED) is 0.859. The van der Waals surface area contributed by atoms with Gasteiger partial charge >= 0.3 is 0 Å². The predicted octanol–water partition coefficient (Wildman–Crippen LogP) is 2.69. The third-order valence-electron chi connectivity index (χ3n) is 2.15. The topological polar surface area (TPSA) is 62.2 Å². The van der Waals surface area contributed by atoms with E-state index in [2.05, 4.69) is 10.3 Å². The predicted molar refractivity (Wildman–Crippen MR) is 65.3 cm³/mol. The summed E-state index contributed by atoms with van der Waals surface area (Å²) in [5, 5.41) is 12.7. The lowest BCUT2D eigenvalue weighted by Crippen LogP contribution is -2.11. The molecule has 5 heteroatoms. The lowest BCUT2D eigenvalue weighted by Gasteiger charge is -2.06. The van der Waals surface area contributed by atoms with E-state index in [1.54, 1.807) is 24.3 Å². The zero-order chi connectivity index (χ0) is 12.3. The van der Waals surface area contributed by atoms with Crippen LogP contribution in [0.2, 0.25) is 5.02 Å². The standard InChI is InChI=1S/C12H9ClN2O2/c13-8-1-3-9(4-2-8)15-12(17)10-5-6-14-7-11(10)16/h1-7,16H,(H,15,17). The summed E-state index contributed by atoms with van der Waals surface area (Å²) < 4.78 is 0. The van der Waals surface area contributed by atoms with Crippen molar-refractivity contribution in [3.63, 3.8) is 0 Å². The van der Waals surface area contributed by atoms with Crippen LogP contribution in [0.1, 0.15) is 10.4 Å². The summed E-state index contributed by atoms with van der Waals surface area (Å²) in [4.78, 5) is 15.5. The van der Waals surface area contributed by atoms with Crippen molar-refractivity contribution < 1.29 is 9.90 Å². The molecule has 17 heavy (non-hydrogen) atoms. The number of hydrogen-bond donors (Lipinski definition) is 2. The Morgan fingerprint density at radius 3 is 2.59 bits per heavy atom. The van der Waals surface area contributed by atoms with E-state index in [9.17, 15) is 9.90 Å². The van der Waals surface area contributed by atoms with E-state index in [0.29, 0.717) is 10.7 Å². The third-order valence-corrected chi connectivity index (χ3v) is 2.40. The minimum absolute atomic E-state index is 0.154. The molecule has 86 valence electrons. The van der Waals surface area contributed by atoms with Gasteiger partial charge in [0.2, 0.25) is 0 Å². The van der Waals surface area contributed by atoms with Crippen molar-refractivity contribution in [2.24, 2.45) is 0 Å². The Kier molecular flexibility index (Phi) is 3.25. The fourth-order valence-electron chi connectivity index (χ4n) is 1.31. The number of benzene rings is 1. The average Bonchev–Trinajstić information content (AvgIpc) is 2.32. The normalized spacial score (nSPS) is 9.94. The fourth-order valence-corrected chi connectivity index (χ4v) is 1.44. The number of halogens is 1. The van der Waals surface area contributed by atoms with E-state index in [1.165, 1.54) is 18.5 Å². The molecule has 1 heterocycles. The van der Waals surface area contributed by atoms with Crippen LogP contribution < -0.4 is 5.32 Å². The molecule has 0 aliphatic heterocycles. The van der Waals surface area contributed by atoms with Gasteiger partial charge in [0.1, 0.15) is 5.75 Å². The van der Waals surface area contributed by atoms with E-state index >= 15 is 0 Å². The number of anilines is 1. The van der Waals surface area contributed by atoms with E-state index in [-0.39, 0.29) is 11.3 Å². The van der Waals surface area contributed by atoms with E-state index in [1.807, 2.05) is 0 Å². The molecule has 0 bridgehead atoms. The van der Waals surface area contributed by atoms with Gasteiger partial charge < -0.3 is 10.4 Å². The van der Waals surface area contributed by atoms with Crippen LogP contribution in [0.15, 0.2) is 42.7 Å². The van der Waals surface area contributed by atoms with Crippen molar-refractivity contribution in [3.8, 4) is 5.75 Å². The second kappa shape index (κ2) is 4.84. The first-order valence-corrected chi connectivity index (χ1v) is 5.24. The number of aromatic hydroxyl groups is 1. The summed E-state index contributed by atoms with van der Waals surface area (Å²) in [6, 6.07) is 8.14. The summed E-state index contributed by atoms with van der Waals surface area (Å²) in [5.74, 6) is -0.550. The van der Waals surface area contributed by atoms with Crippen LogP contribution in [0.25, 0.3) is 0 Å². The Morgan fingerprint density at radius 2 is 1.94 bits per heavy atom. The Balaban J connectivity index is 2.17. The molecule has 1 aromatic heterocycles. The third kappa shape index (κ3) is 2.73. The maximum Gasteiger partial charge on any atom is 0.259 e. The van der Waals surface area contributed by atoms with Crippen molar-refractivity contribution in [2.75, 3.05) is 5.32 Å². The van der Waals surface area contributed by atoms with Crippen molar-refractivity contribution in [3.05, 3.63) is 53.3 Å². The highest BCUT2D eigenvalue weighted by Crippen LogP contribution is 2.18. The lowest BCUT2D eigenvalue weighted by molar-refractivity contribution is 0.102. The first-order valence-electron chi connectivity index (χ1n) is 4.87. The first-order chi connectivity index (χ1) is 8.16. The lowest BCUT2D eigenvalue weighted by atomic mass is 10.2. The molecule has 1 aromatic carbocycles. The van der Waals surface area contributed by atoms with Crippen molar-refractivity contribution in [1.29, 1.82) is 0 Å². The van der Waals surface area contributed by atoms with E-state index < -0.39 is 5.91 Å². The monoisotopic (exact) mass is 248 g/mol. The smallest absolute Gasteiger partial charge is 0.259 e. The number of hydrogen-bond acceptors (Lipinski definition) is 3. The largest absolute Gasteiger partial charge is 0.505 e. The molecular weight excluding hydrogens is 240 g/mol. The number of amides is 1. The number of rotatable bonds is 2. The number of pyridine rings is 1. The van der Waals surface area contributed by atoms with Gasteiger partial charge in [-0.05, 0) is 30.3 Å². The molecule has 0 fully saturated rings. The summed E-state index contributed by atoms with van der Waals surface area (Å²) in [5.41, 5.74) is 0.783. The highest BCUT2D eigenvalue weighted by Gasteiger charge is 2.10. The van der Waals surface area contributed by atoms with Crippen molar-refractivity contribution >= 4 is 23.2 Å². The minimum Gasteiger partial charge on any atom is -0.505 e. The number of carbonyl (C=O) groups excluding carboxylic acids is 1. The molecule has 0 aliphatic rings. The molecule has 0 spiro atoms. The van der Waals surface area contributed by atoms with Crippen LogP contribution in [0.5, 0.6) is 5.75 Å². The average molecular weight is 249 g/mol. The summed E-state index contributed by atoms with van der Waals surface area (Å²) in [7, 11) is 0. The van der Waals surface area contributed by atoms with Gasteiger partial charge in [-0.3, -0.25) is 9.78 Å². The van der Waals surface area contributed by atoms with E-state index in [0.717, 1.165) is 0 Å². The van der Waals surface area contributed by atoms with Gasteiger partial charge in [0.05, 0.1) is 11.8 Å². The Labute approximate surface area is 103 Å². The zero-order valence-electron chi connectivity index (χ0n) is 8.72. The van der Waals surface area contributed by atoms with E-state index in [4.69, 9.17) is 11.6 Å². The van der Waals surface area contributed by atoms with Gasteiger partial charge in [0.15, 0.2) is 0 Å². The first kappa shape index (κ1) is 11.4. The van der Waals surface area contributed by atoms with Crippen LogP contribution >= 0.6 is 11.6 Å². The van der Waals surface area contributed by atoms with Gasteiger partial charge in [0, 0.05) is 16.9 Å². The number of aromatic nitrogens is 1. The molecule has 2 rings (SSSR count). The molecule has 0 unspecified atom stereocenters. The number of nitrogens with zero attached hydrogens (tertiary/aromatic N) is 1. The molecule has 2 aromatic rings. The van der Waals surface area contributed by atoms with Gasteiger partial charge in [0.25, 0.3) is 5.91 Å². The number of nitrogens with one attached hydrogen (secondary N) is 1. The Morgan fingerprint density at radius 1 is 1.24 bits per heavy atom. The van der Waals surface area contributed by atoms with Crippen LogP contribution in [-0.4, -0.2) is 16.0 Å². The Hall–Kier alpha value is -2.07. The second-order valence-corrected chi connectivity index (χ2v) is 3.79. The van der Waals surface area contributed by atoms with Gasteiger partial charge in [-0.15, -0.1) is 0 Å². The van der Waals surface area contributed by atoms with Crippen molar-refractivity contribution in [2.45, 2.75) is 0 Å². The molecule has 0 radical (unpaired) electrons. The van der Waals surface area contributed by atoms with Crippen LogP contribution in [-0.2, 0) is 0 Å². The van der Waals surface area contributed by atoms with Crippen LogP contribution in [0.4, 0.5) is 5.69 Å². The maximum absolute atomic E-state index is 11.8. The van der Waals surface area contributed by atoms with Crippen molar-refractivity contribution in [1.82, 2.24) is 4.98 Å². The Bertz CT molecular complexity index is 540. The SMILES string of the molecule is O=C(Nc1ccc(Cl)cc1)c1ccncc1O. The molecule has 0 atom stereocenters. The van der Waals surface area contributed by atoms with Gasteiger partial charge in [-0.25, -0.2) is 0 Å². The highest BCUT2D eigenvalue weighted by atomic mass is 35.5. The molecule has 1 amide bonds. The number of carbonyl (C=O) groups is 1. The summed E-state index contributed by atoms with van der Waals surface area (Å²) >= 11 is 5.73. The zero-order valence-corrected chi connectivity index (χ0v) is 9.48. The van der Waals surface area contributed by atoms with Gasteiger partial charge in [-0.2, -0.15) is 0 Å². The molecule has 0 saturated heterocycles. The highest BCUT2D eigenvalue weighted by molar-refractivity contribution is 6.30. The maximum atomic E-state index is 11.8. The minimum atomic E-state index is -0.396. The molecule has 2 N–H and O–H groups in total. The van der Waals surface area contributed by atoms with Crippen LogP contribution in [0.3, 0.4) is 0 Å². The summed E-state index contributed by atoms with van der Waals surface area (Å²) in [6.45, 7) is 0. The van der Waals surface area contributed by atoms with Gasteiger partial charge in [-0.1, -0.05) is 11.6 Å². The second-order valence-electron chi connectivity index (χ2n) is 3.35. The fraction of sp³-hybridized carbons (Fsp3) is 0. The molecule has 0 saturated carbocycles. The molecule has 4 nitrogen and oxygen atoms in total. The molecule has 0 aliphatic carbocycles.